The molecule has 218 valence electrons. The molecule has 0 radical (unpaired) electrons. The van der Waals surface area contributed by atoms with Crippen LogP contribution in [0.25, 0.3) is 0 Å². The van der Waals surface area contributed by atoms with Crippen molar-refractivity contribution in [3.05, 3.63) is 52.4 Å². The molecular formula is C23H28Cl2F6N6O2. The minimum Gasteiger partial charge on any atom is -0.336 e. The number of hydrogen-bond donors (Lipinski definition) is 2. The van der Waals surface area contributed by atoms with Gasteiger partial charge in [0.05, 0.1) is 12.2 Å². The fourth-order valence-corrected chi connectivity index (χ4v) is 4.74. The van der Waals surface area contributed by atoms with Gasteiger partial charge in [0, 0.05) is 50.7 Å². The first-order valence-electron chi connectivity index (χ1n) is 11.7. The summed E-state index contributed by atoms with van der Waals surface area (Å²) in [6.07, 6.45) is -4.11. The molecule has 0 spiro atoms. The summed E-state index contributed by atoms with van der Waals surface area (Å²) in [6.45, 7) is -0.139. The van der Waals surface area contributed by atoms with Crippen LogP contribution in [0.2, 0.25) is 0 Å². The van der Waals surface area contributed by atoms with Gasteiger partial charge >= 0.3 is 6.18 Å². The summed E-state index contributed by atoms with van der Waals surface area (Å²) in [5, 5.41) is 0. The van der Waals surface area contributed by atoms with E-state index in [-0.39, 0.29) is 86.8 Å². The van der Waals surface area contributed by atoms with E-state index in [1.165, 1.54) is 9.80 Å². The monoisotopic (exact) mass is 604 g/mol. The maximum absolute atomic E-state index is 13.9. The standard InChI is InChI=1S/C23H26F6N6O2.2ClH/c24-15-9-17(26)16(25)7-12(15)6-14(31)8-19(36)33-4-5-35-18(11-33)20(32-22(35)23(27,28)29)21(37)34-3-1-2-13(30)10-34;;/h7,9,13-14H,1-6,8,10-11,30-31H2;2*1H/t13?,14-;;/m1../s1. The quantitative estimate of drug-likeness (QED) is 0.403. The normalized spacial score (nSPS) is 18.1. The first-order chi connectivity index (χ1) is 17.3. The summed E-state index contributed by atoms with van der Waals surface area (Å²) < 4.78 is 82.5. The predicted octanol–water partition coefficient (Wildman–Crippen LogP) is 3.03. The molecule has 4 N–H and O–H groups in total. The number of piperidine rings is 1. The zero-order valence-corrected chi connectivity index (χ0v) is 22.2. The van der Waals surface area contributed by atoms with Gasteiger partial charge in [0.2, 0.25) is 11.7 Å². The molecule has 1 fully saturated rings. The van der Waals surface area contributed by atoms with Crippen LogP contribution in [0.4, 0.5) is 26.3 Å². The fourth-order valence-electron chi connectivity index (χ4n) is 4.74. The van der Waals surface area contributed by atoms with E-state index in [1.807, 2.05) is 0 Å². The number of alkyl halides is 3. The highest BCUT2D eigenvalue weighted by Gasteiger charge is 2.42. The van der Waals surface area contributed by atoms with Gasteiger partial charge in [-0.1, -0.05) is 0 Å². The molecule has 1 aromatic carbocycles. The van der Waals surface area contributed by atoms with Crippen LogP contribution in [-0.2, 0) is 30.5 Å². The molecule has 0 bridgehead atoms. The van der Waals surface area contributed by atoms with E-state index >= 15 is 0 Å². The number of likely N-dealkylation sites (tertiary alicyclic amines) is 1. The first-order valence-corrected chi connectivity index (χ1v) is 11.7. The van der Waals surface area contributed by atoms with Gasteiger partial charge in [0.25, 0.3) is 5.91 Å². The zero-order valence-electron chi connectivity index (χ0n) is 20.5. The van der Waals surface area contributed by atoms with Gasteiger partial charge in [0.1, 0.15) is 5.82 Å². The van der Waals surface area contributed by atoms with Gasteiger partial charge < -0.3 is 25.8 Å². The maximum Gasteiger partial charge on any atom is 0.449 e. The van der Waals surface area contributed by atoms with Crippen molar-refractivity contribution in [3.63, 3.8) is 0 Å². The van der Waals surface area contributed by atoms with Crippen LogP contribution in [0, 0.1) is 17.5 Å². The highest BCUT2D eigenvalue weighted by Crippen LogP contribution is 2.33. The van der Waals surface area contributed by atoms with Crippen LogP contribution >= 0.6 is 24.8 Å². The van der Waals surface area contributed by atoms with Crippen LogP contribution in [0.3, 0.4) is 0 Å². The molecule has 8 nitrogen and oxygen atoms in total. The number of imidazole rings is 1. The molecule has 0 saturated carbocycles. The van der Waals surface area contributed by atoms with Gasteiger partial charge in [0.15, 0.2) is 17.3 Å². The van der Waals surface area contributed by atoms with E-state index in [4.69, 9.17) is 11.5 Å². The highest BCUT2D eigenvalue weighted by atomic mass is 35.5. The summed E-state index contributed by atoms with van der Waals surface area (Å²) >= 11 is 0. The molecule has 2 aliphatic heterocycles. The minimum atomic E-state index is -4.81. The van der Waals surface area contributed by atoms with Gasteiger partial charge in [-0.15, -0.1) is 24.8 Å². The van der Waals surface area contributed by atoms with Crippen molar-refractivity contribution in [2.45, 2.75) is 57.0 Å². The third-order valence-electron chi connectivity index (χ3n) is 6.57. The number of nitrogens with two attached hydrogens (primary N) is 2. The minimum absolute atomic E-state index is 0. The van der Waals surface area contributed by atoms with E-state index < -0.39 is 47.3 Å². The Kier molecular flexibility index (Phi) is 10.7. The largest absolute Gasteiger partial charge is 0.449 e. The lowest BCUT2D eigenvalue weighted by Gasteiger charge is -2.32. The van der Waals surface area contributed by atoms with Crippen LogP contribution in [0.5, 0.6) is 0 Å². The molecule has 1 aromatic heterocycles. The number of carbonyl (C=O) groups is 2. The smallest absolute Gasteiger partial charge is 0.336 e. The number of nitrogens with zero attached hydrogens (tertiary/aromatic N) is 4. The third kappa shape index (κ3) is 7.16. The molecule has 2 amide bonds. The molecule has 2 atom stereocenters. The Morgan fingerprint density at radius 2 is 1.69 bits per heavy atom. The molecule has 2 aliphatic rings. The average molecular weight is 605 g/mol. The number of hydrogen-bond acceptors (Lipinski definition) is 5. The Bertz CT molecular complexity index is 1210. The fraction of sp³-hybridized carbons (Fsp3) is 0.522. The van der Waals surface area contributed by atoms with E-state index in [1.54, 1.807) is 0 Å². The van der Waals surface area contributed by atoms with Gasteiger partial charge in [-0.3, -0.25) is 9.59 Å². The predicted molar refractivity (Wildman–Crippen MR) is 133 cm³/mol. The molecule has 2 aromatic rings. The van der Waals surface area contributed by atoms with Crippen molar-refractivity contribution in [2.24, 2.45) is 11.5 Å². The number of aromatic nitrogens is 2. The Morgan fingerprint density at radius 1 is 1.03 bits per heavy atom. The lowest BCUT2D eigenvalue weighted by molar-refractivity contribution is -0.148. The van der Waals surface area contributed by atoms with Crippen molar-refractivity contribution in [3.8, 4) is 0 Å². The second-order valence-corrected chi connectivity index (χ2v) is 9.37. The van der Waals surface area contributed by atoms with Crippen molar-refractivity contribution in [2.75, 3.05) is 19.6 Å². The number of amides is 2. The van der Waals surface area contributed by atoms with Crippen molar-refractivity contribution >= 4 is 36.6 Å². The number of fused-ring (bicyclic) bond motifs is 1. The Balaban J connectivity index is 0.00000267. The van der Waals surface area contributed by atoms with Crippen LogP contribution < -0.4 is 11.5 Å². The second-order valence-electron chi connectivity index (χ2n) is 9.37. The van der Waals surface area contributed by atoms with Gasteiger partial charge in [-0.2, -0.15) is 13.2 Å². The summed E-state index contributed by atoms with van der Waals surface area (Å²) in [4.78, 5) is 32.3. The lowest BCUT2D eigenvalue weighted by atomic mass is 10.0. The van der Waals surface area contributed by atoms with Crippen molar-refractivity contribution in [1.82, 2.24) is 19.4 Å². The number of benzene rings is 1. The third-order valence-corrected chi connectivity index (χ3v) is 6.57. The topological polar surface area (TPSA) is 110 Å². The Morgan fingerprint density at radius 3 is 2.33 bits per heavy atom. The summed E-state index contributed by atoms with van der Waals surface area (Å²) in [7, 11) is 0. The summed E-state index contributed by atoms with van der Waals surface area (Å²) in [5.41, 5.74) is 11.2. The van der Waals surface area contributed by atoms with E-state index in [0.717, 1.165) is 4.57 Å². The van der Waals surface area contributed by atoms with E-state index in [2.05, 4.69) is 4.98 Å². The lowest BCUT2D eigenvalue weighted by Crippen LogP contribution is -2.46. The van der Waals surface area contributed by atoms with Gasteiger partial charge in [-0.25, -0.2) is 18.2 Å². The molecule has 1 saturated heterocycles. The van der Waals surface area contributed by atoms with Crippen LogP contribution in [0.15, 0.2) is 12.1 Å². The number of carbonyl (C=O) groups excluding carboxylic acids is 2. The van der Waals surface area contributed by atoms with Crippen LogP contribution in [-0.4, -0.2) is 62.9 Å². The SMILES string of the molecule is Cl.Cl.NC1CCCN(C(=O)c2nc(C(F)(F)F)n3c2CN(C(=O)C[C@H](N)Cc2cc(F)c(F)cc2F)CC3)C1. The maximum atomic E-state index is 13.9. The zero-order chi connectivity index (χ0) is 27.1. The first kappa shape index (κ1) is 32.7. The molecule has 16 heteroatoms. The summed E-state index contributed by atoms with van der Waals surface area (Å²) in [6, 6.07) is -0.216. The van der Waals surface area contributed by atoms with E-state index in [9.17, 15) is 35.9 Å². The van der Waals surface area contributed by atoms with Crippen LogP contribution in [0.1, 0.15) is 46.8 Å². The van der Waals surface area contributed by atoms with E-state index in [0.29, 0.717) is 31.5 Å². The number of halogens is 8. The summed E-state index contributed by atoms with van der Waals surface area (Å²) in [5.74, 6) is -6.07. The highest BCUT2D eigenvalue weighted by molar-refractivity contribution is 5.94. The molecule has 0 aliphatic carbocycles. The molecule has 39 heavy (non-hydrogen) atoms. The molecule has 1 unspecified atom stereocenters. The van der Waals surface area contributed by atoms with Gasteiger partial charge in [-0.05, 0) is 30.9 Å². The average Bonchev–Trinajstić information content (AvgIpc) is 3.21. The van der Waals surface area contributed by atoms with Crippen molar-refractivity contribution in [1.29, 1.82) is 0 Å². The van der Waals surface area contributed by atoms with Crippen molar-refractivity contribution < 1.29 is 35.9 Å². The molecular weight excluding hydrogens is 577 g/mol. The second kappa shape index (κ2) is 12.7. The number of rotatable bonds is 5. The Labute approximate surface area is 232 Å². The molecule has 3 heterocycles. The molecule has 4 rings (SSSR count). The Hall–Kier alpha value is -2.55.